The van der Waals surface area contributed by atoms with Gasteiger partial charge in [0.15, 0.2) is 0 Å². The van der Waals surface area contributed by atoms with Crippen LogP contribution >= 0.6 is 0 Å². The van der Waals surface area contributed by atoms with Crippen LogP contribution in [0.2, 0.25) is 0 Å². The number of hydrogen-bond donors (Lipinski definition) is 2. The fraction of sp³-hybridized carbons (Fsp3) is 0.500. The molecule has 3 rings (SSSR count). The third kappa shape index (κ3) is 8.49. The fourth-order valence-corrected chi connectivity index (χ4v) is 4.87. The summed E-state index contributed by atoms with van der Waals surface area (Å²) in [5.41, 5.74) is -2.69. The Labute approximate surface area is 238 Å². The van der Waals surface area contributed by atoms with Crippen molar-refractivity contribution in [1.29, 1.82) is 0 Å². The Balaban J connectivity index is 1.82. The Kier molecular flexibility index (Phi) is 10.7. The van der Waals surface area contributed by atoms with Gasteiger partial charge in [-0.3, -0.25) is 0 Å². The van der Waals surface area contributed by atoms with Crippen molar-refractivity contribution in [2.75, 3.05) is 33.4 Å². The second kappa shape index (κ2) is 13.6. The van der Waals surface area contributed by atoms with Crippen LogP contribution in [-0.4, -0.2) is 60.4 Å². The number of rotatable bonds is 8. The number of halogens is 7. The van der Waals surface area contributed by atoms with Gasteiger partial charge in [-0.15, -0.1) is 0 Å². The molecule has 1 saturated heterocycles. The first-order valence-electron chi connectivity index (χ1n) is 13.2. The number of amides is 3. The Hall–Kier alpha value is -3.55. The SMILES string of the molecule is C[C@H](c1cc(C(F)(F)F)cc(C(F)(F)F)c1)N(C)C(=O)N1CC[C@H](CCOC(=O)NCCO)C[C@@H]1c1ccc(F)cc1. The van der Waals surface area contributed by atoms with Crippen LogP contribution in [0.15, 0.2) is 42.5 Å². The summed E-state index contributed by atoms with van der Waals surface area (Å²) in [4.78, 5) is 27.9. The molecule has 0 unspecified atom stereocenters. The number of likely N-dealkylation sites (tertiary alicyclic amines) is 1. The molecule has 0 bridgehead atoms. The highest BCUT2D eigenvalue weighted by molar-refractivity contribution is 5.75. The number of alkyl carbamates (subject to hydrolysis) is 1. The van der Waals surface area contributed by atoms with Crippen LogP contribution in [0.5, 0.6) is 0 Å². The number of carbonyl (C=O) groups is 2. The van der Waals surface area contributed by atoms with Crippen LogP contribution < -0.4 is 5.32 Å². The average molecular weight is 608 g/mol. The van der Waals surface area contributed by atoms with Gasteiger partial charge in [-0.25, -0.2) is 14.0 Å². The van der Waals surface area contributed by atoms with Crippen molar-refractivity contribution < 1.29 is 50.2 Å². The maximum atomic E-state index is 13.7. The molecule has 3 amide bonds. The van der Waals surface area contributed by atoms with E-state index in [-0.39, 0.29) is 43.9 Å². The van der Waals surface area contributed by atoms with Gasteiger partial charge < -0.3 is 25.0 Å². The van der Waals surface area contributed by atoms with Crippen LogP contribution in [-0.2, 0) is 17.1 Å². The molecule has 232 valence electrons. The molecule has 3 atom stereocenters. The highest BCUT2D eigenvalue weighted by Crippen LogP contribution is 2.40. The largest absolute Gasteiger partial charge is 0.450 e. The highest BCUT2D eigenvalue weighted by Gasteiger charge is 2.39. The van der Waals surface area contributed by atoms with Crippen LogP contribution in [0, 0.1) is 11.7 Å². The highest BCUT2D eigenvalue weighted by atomic mass is 19.4. The van der Waals surface area contributed by atoms with Crippen molar-refractivity contribution in [3.8, 4) is 0 Å². The molecule has 42 heavy (non-hydrogen) atoms. The van der Waals surface area contributed by atoms with E-state index in [4.69, 9.17) is 9.84 Å². The molecule has 14 heteroatoms. The maximum absolute atomic E-state index is 13.7. The van der Waals surface area contributed by atoms with Crippen molar-refractivity contribution in [2.24, 2.45) is 5.92 Å². The number of aliphatic hydroxyl groups excluding tert-OH is 1. The van der Waals surface area contributed by atoms with Gasteiger partial charge in [-0.05, 0) is 73.6 Å². The van der Waals surface area contributed by atoms with Gasteiger partial charge in [-0.2, -0.15) is 26.3 Å². The lowest BCUT2D eigenvalue weighted by molar-refractivity contribution is -0.143. The van der Waals surface area contributed by atoms with Crippen LogP contribution in [0.4, 0.5) is 40.3 Å². The van der Waals surface area contributed by atoms with Crippen LogP contribution in [0.1, 0.15) is 60.5 Å². The van der Waals surface area contributed by atoms with Crippen molar-refractivity contribution in [1.82, 2.24) is 15.1 Å². The van der Waals surface area contributed by atoms with Crippen molar-refractivity contribution in [3.63, 3.8) is 0 Å². The van der Waals surface area contributed by atoms with E-state index in [1.165, 1.54) is 43.1 Å². The summed E-state index contributed by atoms with van der Waals surface area (Å²) in [7, 11) is 1.30. The summed E-state index contributed by atoms with van der Waals surface area (Å²) < 4.78 is 99.3. The molecule has 0 radical (unpaired) electrons. The van der Waals surface area contributed by atoms with Gasteiger partial charge >= 0.3 is 24.5 Å². The van der Waals surface area contributed by atoms with E-state index in [0.29, 0.717) is 37.0 Å². The predicted molar refractivity (Wildman–Crippen MR) is 138 cm³/mol. The lowest BCUT2D eigenvalue weighted by atomic mass is 9.85. The van der Waals surface area contributed by atoms with E-state index >= 15 is 0 Å². The first-order valence-corrected chi connectivity index (χ1v) is 13.2. The number of ether oxygens (including phenoxy) is 1. The molecule has 0 aromatic heterocycles. The monoisotopic (exact) mass is 607 g/mol. The van der Waals surface area contributed by atoms with Crippen molar-refractivity contribution >= 4 is 12.1 Å². The van der Waals surface area contributed by atoms with Crippen molar-refractivity contribution in [2.45, 2.75) is 50.6 Å². The summed E-state index contributed by atoms with van der Waals surface area (Å²) in [6.07, 6.45) is -9.43. The molecule has 0 aliphatic carbocycles. The topological polar surface area (TPSA) is 82.1 Å². The number of hydrogen-bond acceptors (Lipinski definition) is 4. The lowest BCUT2D eigenvalue weighted by Crippen LogP contribution is -2.47. The fourth-order valence-electron chi connectivity index (χ4n) is 4.87. The normalized spacial score (nSPS) is 18.4. The quantitative estimate of drug-likeness (QED) is 0.334. The minimum atomic E-state index is -5.03. The predicted octanol–water partition coefficient (Wildman–Crippen LogP) is 6.54. The first kappa shape index (κ1) is 33.0. The zero-order chi connectivity index (χ0) is 31.2. The zero-order valence-corrected chi connectivity index (χ0v) is 22.9. The third-order valence-electron chi connectivity index (χ3n) is 7.33. The number of carbonyl (C=O) groups excluding carboxylic acids is 2. The third-order valence-corrected chi connectivity index (χ3v) is 7.33. The van der Waals surface area contributed by atoms with E-state index in [2.05, 4.69) is 5.32 Å². The minimum Gasteiger partial charge on any atom is -0.450 e. The summed E-state index contributed by atoms with van der Waals surface area (Å²) in [5, 5.41) is 11.1. The van der Waals surface area contributed by atoms with E-state index in [1.54, 1.807) is 0 Å². The van der Waals surface area contributed by atoms with E-state index in [0.717, 1.165) is 4.90 Å². The number of benzene rings is 2. The number of aliphatic hydroxyl groups is 1. The lowest BCUT2D eigenvalue weighted by Gasteiger charge is -2.42. The minimum absolute atomic E-state index is 0.0183. The standard InChI is InChI=1S/C28H32F7N3O4/c1-17(20-14-21(27(30,31)32)16-22(15-20)28(33,34)35)37(2)26(41)38-10-7-18(8-12-42-25(40)36-9-11-39)13-24(38)19-3-5-23(29)6-4-19/h3-6,14-18,24,39H,7-13H2,1-2H3,(H,36,40)/t17-,18-,24-/m1/s1. The Morgan fingerprint density at radius 3 is 2.21 bits per heavy atom. The molecule has 0 saturated carbocycles. The van der Waals surface area contributed by atoms with Gasteiger partial charge in [0.2, 0.25) is 0 Å². The smallest absolute Gasteiger partial charge is 0.416 e. The van der Waals surface area contributed by atoms with Gasteiger partial charge in [0.25, 0.3) is 0 Å². The molecule has 0 spiro atoms. The molecular weight excluding hydrogens is 575 g/mol. The molecule has 7 nitrogen and oxygen atoms in total. The van der Waals surface area contributed by atoms with Crippen LogP contribution in [0.3, 0.4) is 0 Å². The first-order chi connectivity index (χ1) is 19.6. The second-order valence-corrected chi connectivity index (χ2v) is 10.1. The Morgan fingerprint density at radius 1 is 1.07 bits per heavy atom. The van der Waals surface area contributed by atoms with E-state index in [1.807, 2.05) is 0 Å². The molecule has 1 heterocycles. The number of piperidine rings is 1. The van der Waals surface area contributed by atoms with Crippen molar-refractivity contribution in [3.05, 3.63) is 70.5 Å². The van der Waals surface area contributed by atoms with E-state index in [9.17, 15) is 40.3 Å². The molecule has 1 aliphatic rings. The van der Waals surface area contributed by atoms with Gasteiger partial charge in [-0.1, -0.05) is 12.1 Å². The summed E-state index contributed by atoms with van der Waals surface area (Å²) in [5.74, 6) is -0.516. The number of nitrogens with zero attached hydrogens (tertiary/aromatic N) is 2. The second-order valence-electron chi connectivity index (χ2n) is 10.1. The van der Waals surface area contributed by atoms with Gasteiger partial charge in [0, 0.05) is 20.1 Å². The Bertz CT molecular complexity index is 1190. The van der Waals surface area contributed by atoms with Gasteiger partial charge in [0.1, 0.15) is 5.82 Å². The number of alkyl halides is 6. The molecule has 1 aliphatic heterocycles. The van der Waals surface area contributed by atoms with E-state index < -0.39 is 53.5 Å². The summed E-state index contributed by atoms with van der Waals surface area (Å²) in [6.45, 7) is 1.39. The van der Waals surface area contributed by atoms with Gasteiger partial charge in [0.05, 0.1) is 36.4 Å². The number of urea groups is 1. The van der Waals surface area contributed by atoms with Crippen LogP contribution in [0.25, 0.3) is 0 Å². The summed E-state index contributed by atoms with van der Waals surface area (Å²) >= 11 is 0. The molecule has 1 fully saturated rings. The molecule has 2 aromatic rings. The molecule has 2 N–H and O–H groups in total. The molecule has 2 aromatic carbocycles. The number of nitrogens with one attached hydrogen (secondary N) is 1. The summed E-state index contributed by atoms with van der Waals surface area (Å²) in [6, 6.07) is 4.34. The Morgan fingerprint density at radius 2 is 1.67 bits per heavy atom. The maximum Gasteiger partial charge on any atom is 0.416 e. The zero-order valence-electron chi connectivity index (χ0n) is 22.9. The average Bonchev–Trinajstić information content (AvgIpc) is 2.94. The molecular formula is C28H32F7N3O4.